The zero-order valence-electron chi connectivity index (χ0n) is 14.1. The molecule has 1 aromatic carbocycles. The average Bonchev–Trinajstić information content (AvgIpc) is 2.55. The molecule has 1 atom stereocenters. The Labute approximate surface area is 145 Å². The highest BCUT2D eigenvalue weighted by molar-refractivity contribution is 5.82. The molecule has 4 N–H and O–H groups in total. The Morgan fingerprint density at radius 3 is 2.52 bits per heavy atom. The summed E-state index contributed by atoms with van der Waals surface area (Å²) in [6, 6.07) is 2.16. The van der Waals surface area contributed by atoms with Crippen molar-refractivity contribution in [3.05, 3.63) is 35.4 Å². The number of halogens is 2. The lowest BCUT2D eigenvalue weighted by atomic mass is 9.71. The lowest BCUT2D eigenvalue weighted by Gasteiger charge is -2.36. The van der Waals surface area contributed by atoms with Crippen LogP contribution in [0.4, 0.5) is 8.78 Å². The molecule has 138 valence electrons. The fourth-order valence-corrected chi connectivity index (χ4v) is 3.46. The summed E-state index contributed by atoms with van der Waals surface area (Å²) in [5.74, 6) is -2.77. The van der Waals surface area contributed by atoms with Gasteiger partial charge in [-0.05, 0) is 36.3 Å². The Hall–Kier alpha value is -2.02. The van der Waals surface area contributed by atoms with E-state index in [1.54, 1.807) is 0 Å². The van der Waals surface area contributed by atoms with E-state index in [-0.39, 0.29) is 24.9 Å². The topological polar surface area (TPSA) is 92.4 Å². The number of nitrogens with one attached hydrogen (secondary N) is 1. The number of nitrogens with two attached hydrogens (primary N) is 1. The van der Waals surface area contributed by atoms with Gasteiger partial charge in [-0.3, -0.25) is 9.59 Å². The van der Waals surface area contributed by atoms with Crippen molar-refractivity contribution in [3.63, 3.8) is 0 Å². The number of hydrogen-bond acceptors (Lipinski definition) is 3. The molecule has 2 rings (SSSR count). The number of carboxylic acid groups (broad SMARTS) is 1. The lowest BCUT2D eigenvalue weighted by molar-refractivity contribution is -0.140. The van der Waals surface area contributed by atoms with Crippen LogP contribution in [0.3, 0.4) is 0 Å². The molecule has 25 heavy (non-hydrogen) atoms. The van der Waals surface area contributed by atoms with Crippen molar-refractivity contribution in [3.8, 4) is 0 Å². The molecule has 1 amide bonds. The molecule has 0 aromatic heterocycles. The predicted molar refractivity (Wildman–Crippen MR) is 88.8 cm³/mol. The molecule has 0 bridgehead atoms. The highest BCUT2D eigenvalue weighted by Gasteiger charge is 2.35. The first-order valence-corrected chi connectivity index (χ1v) is 8.50. The van der Waals surface area contributed by atoms with Crippen LogP contribution in [-0.4, -0.2) is 29.6 Å². The van der Waals surface area contributed by atoms with Gasteiger partial charge in [0, 0.05) is 12.6 Å². The van der Waals surface area contributed by atoms with E-state index in [4.69, 9.17) is 10.8 Å². The summed E-state index contributed by atoms with van der Waals surface area (Å²) in [6.45, 7) is 0.248. The highest BCUT2D eigenvalue weighted by atomic mass is 19.1. The molecule has 1 aliphatic carbocycles. The van der Waals surface area contributed by atoms with Crippen LogP contribution in [0, 0.1) is 17.0 Å². The maximum Gasteiger partial charge on any atom is 0.303 e. The quantitative estimate of drug-likeness (QED) is 0.701. The van der Waals surface area contributed by atoms with Gasteiger partial charge >= 0.3 is 5.97 Å². The number of aliphatic carboxylic acids is 1. The van der Waals surface area contributed by atoms with Gasteiger partial charge in [0.15, 0.2) is 0 Å². The van der Waals surface area contributed by atoms with E-state index < -0.39 is 35.0 Å². The Balaban J connectivity index is 1.94. The molecular weight excluding hydrogens is 330 g/mol. The molecule has 1 saturated carbocycles. The lowest BCUT2D eigenvalue weighted by Crippen LogP contribution is -2.47. The van der Waals surface area contributed by atoms with Crippen LogP contribution in [-0.2, 0) is 16.0 Å². The van der Waals surface area contributed by atoms with Gasteiger partial charge in [-0.2, -0.15) is 0 Å². The van der Waals surface area contributed by atoms with Crippen molar-refractivity contribution in [2.75, 3.05) is 6.54 Å². The van der Waals surface area contributed by atoms with Crippen molar-refractivity contribution in [2.24, 2.45) is 11.1 Å². The van der Waals surface area contributed by atoms with E-state index in [2.05, 4.69) is 5.32 Å². The zero-order valence-corrected chi connectivity index (χ0v) is 14.1. The third-order valence-corrected chi connectivity index (χ3v) is 4.87. The molecule has 5 nitrogen and oxygen atoms in total. The summed E-state index contributed by atoms with van der Waals surface area (Å²) < 4.78 is 26.6. The van der Waals surface area contributed by atoms with Gasteiger partial charge in [0.1, 0.15) is 11.6 Å². The molecule has 1 aliphatic rings. The molecule has 1 fully saturated rings. The first-order chi connectivity index (χ1) is 11.8. The van der Waals surface area contributed by atoms with Crippen molar-refractivity contribution < 1.29 is 23.5 Å². The van der Waals surface area contributed by atoms with E-state index in [1.165, 1.54) is 6.07 Å². The fourth-order valence-electron chi connectivity index (χ4n) is 3.46. The zero-order chi connectivity index (χ0) is 18.4. The Morgan fingerprint density at radius 2 is 1.92 bits per heavy atom. The highest BCUT2D eigenvalue weighted by Crippen LogP contribution is 2.38. The monoisotopic (exact) mass is 354 g/mol. The molecule has 0 spiro atoms. The van der Waals surface area contributed by atoms with Gasteiger partial charge < -0.3 is 16.2 Å². The fraction of sp³-hybridized carbons (Fsp3) is 0.556. The largest absolute Gasteiger partial charge is 0.481 e. The number of rotatable bonds is 7. The first-order valence-electron chi connectivity index (χ1n) is 8.50. The van der Waals surface area contributed by atoms with Gasteiger partial charge in [0.2, 0.25) is 5.91 Å². The molecule has 0 aliphatic heterocycles. The second-order valence-corrected chi connectivity index (χ2v) is 6.90. The van der Waals surface area contributed by atoms with Crippen LogP contribution in [0.2, 0.25) is 0 Å². The van der Waals surface area contributed by atoms with E-state index >= 15 is 0 Å². The summed E-state index contributed by atoms with van der Waals surface area (Å²) >= 11 is 0. The Bertz CT molecular complexity index is 631. The second kappa shape index (κ2) is 8.38. The van der Waals surface area contributed by atoms with Crippen LogP contribution in [0.25, 0.3) is 0 Å². The first kappa shape index (κ1) is 19.3. The predicted octanol–water partition coefficient (Wildman–Crippen LogP) is 2.38. The SMILES string of the molecule is N[C@H](Cc1ccc(F)cc1F)C(=O)NCC1(CC(=O)O)CCCCC1. The van der Waals surface area contributed by atoms with Crippen LogP contribution < -0.4 is 11.1 Å². The van der Waals surface area contributed by atoms with E-state index in [0.717, 1.165) is 44.2 Å². The van der Waals surface area contributed by atoms with Gasteiger partial charge in [-0.15, -0.1) is 0 Å². The van der Waals surface area contributed by atoms with E-state index in [0.29, 0.717) is 0 Å². The van der Waals surface area contributed by atoms with Crippen molar-refractivity contribution in [2.45, 2.75) is 51.0 Å². The number of carbonyl (C=O) groups excluding carboxylic acids is 1. The summed E-state index contributed by atoms with van der Waals surface area (Å²) in [6.07, 6.45) is 4.41. The number of benzene rings is 1. The minimum Gasteiger partial charge on any atom is -0.481 e. The normalized spacial score (nSPS) is 17.7. The number of amides is 1. The van der Waals surface area contributed by atoms with Gasteiger partial charge in [0.25, 0.3) is 0 Å². The van der Waals surface area contributed by atoms with Crippen LogP contribution in [0.1, 0.15) is 44.1 Å². The molecule has 1 aromatic rings. The Kier molecular flexibility index (Phi) is 6.47. The minimum absolute atomic E-state index is 0.00904. The smallest absolute Gasteiger partial charge is 0.303 e. The Morgan fingerprint density at radius 1 is 1.24 bits per heavy atom. The van der Waals surface area contributed by atoms with Gasteiger partial charge in [0.05, 0.1) is 12.5 Å². The van der Waals surface area contributed by atoms with Crippen molar-refractivity contribution in [1.82, 2.24) is 5.32 Å². The third kappa shape index (κ3) is 5.49. The third-order valence-electron chi connectivity index (χ3n) is 4.87. The summed E-state index contributed by atoms with van der Waals surface area (Å²) in [5.41, 5.74) is 5.55. The van der Waals surface area contributed by atoms with E-state index in [1.807, 2.05) is 0 Å². The van der Waals surface area contributed by atoms with Crippen LogP contribution >= 0.6 is 0 Å². The summed E-state index contributed by atoms with van der Waals surface area (Å²) in [5, 5.41) is 11.9. The van der Waals surface area contributed by atoms with Gasteiger partial charge in [-0.1, -0.05) is 25.3 Å². The molecule has 0 heterocycles. The summed E-state index contributed by atoms with van der Waals surface area (Å²) in [7, 11) is 0. The minimum atomic E-state index is -0.981. The summed E-state index contributed by atoms with van der Waals surface area (Å²) in [4.78, 5) is 23.4. The van der Waals surface area contributed by atoms with Gasteiger partial charge in [-0.25, -0.2) is 8.78 Å². The number of carboxylic acids is 1. The maximum atomic E-state index is 13.7. The standard InChI is InChI=1S/C18H24F2N2O3/c19-13-5-4-12(14(20)9-13)8-15(21)17(25)22-11-18(10-16(23)24)6-2-1-3-7-18/h4-5,9,15H,1-3,6-8,10-11,21H2,(H,22,25)(H,23,24)/t15-/m1/s1. The van der Waals surface area contributed by atoms with Crippen LogP contribution in [0.15, 0.2) is 18.2 Å². The van der Waals surface area contributed by atoms with Crippen molar-refractivity contribution in [1.29, 1.82) is 0 Å². The average molecular weight is 354 g/mol. The van der Waals surface area contributed by atoms with E-state index in [9.17, 15) is 18.4 Å². The molecule has 0 radical (unpaired) electrons. The van der Waals surface area contributed by atoms with Crippen molar-refractivity contribution >= 4 is 11.9 Å². The number of hydrogen-bond donors (Lipinski definition) is 3. The second-order valence-electron chi connectivity index (χ2n) is 6.90. The molecule has 7 heteroatoms. The molecular formula is C18H24F2N2O3. The molecule has 0 unspecified atom stereocenters. The van der Waals surface area contributed by atoms with Crippen LogP contribution in [0.5, 0.6) is 0 Å². The molecule has 0 saturated heterocycles. The number of carbonyl (C=O) groups is 2. The maximum absolute atomic E-state index is 13.7.